The first kappa shape index (κ1) is 9.92. The maximum absolute atomic E-state index is 9.47. The van der Waals surface area contributed by atoms with Crippen LogP contribution in [0.15, 0.2) is 0 Å². The molecule has 4 atom stereocenters. The van der Waals surface area contributed by atoms with Crippen molar-refractivity contribution in [1.82, 2.24) is 5.32 Å². The average Bonchev–Trinajstić information content (AvgIpc) is 2.07. The molecule has 0 bridgehead atoms. The van der Waals surface area contributed by atoms with E-state index in [1.54, 1.807) is 0 Å². The Morgan fingerprint density at radius 1 is 1.25 bits per heavy atom. The fourth-order valence-electron chi connectivity index (χ4n) is 1.56. The topological polar surface area (TPSA) is 72.7 Å². The molecule has 72 valence electrons. The van der Waals surface area contributed by atoms with Gasteiger partial charge in [-0.2, -0.15) is 0 Å². The number of β-amino-alcohol motifs (C(OH)–C–C–N with tert-alkyl or cyclic N) is 1. The lowest BCUT2D eigenvalue weighted by Crippen LogP contribution is -2.59. The molecule has 1 fully saturated rings. The standard InChI is InChI=1S/C8H17NO3/c1-2-3-5-7(11)8(12)6(10)4-9-5/h5-12H,2-4H2,1H3/t5-,6-,7-,8-/m0/s1. The average molecular weight is 175 g/mol. The molecule has 1 saturated heterocycles. The molecule has 0 radical (unpaired) electrons. The van der Waals surface area contributed by atoms with E-state index in [1.807, 2.05) is 6.92 Å². The van der Waals surface area contributed by atoms with E-state index in [2.05, 4.69) is 5.32 Å². The number of aliphatic hydroxyl groups excluding tert-OH is 3. The fraction of sp³-hybridized carbons (Fsp3) is 1.00. The molecular formula is C8H17NO3. The zero-order valence-corrected chi connectivity index (χ0v) is 7.27. The summed E-state index contributed by atoms with van der Waals surface area (Å²) in [4.78, 5) is 0. The second-order valence-electron chi connectivity index (χ2n) is 3.35. The molecule has 0 saturated carbocycles. The van der Waals surface area contributed by atoms with Gasteiger partial charge < -0.3 is 20.6 Å². The summed E-state index contributed by atoms with van der Waals surface area (Å²) in [7, 11) is 0. The molecule has 4 N–H and O–H groups in total. The van der Waals surface area contributed by atoms with E-state index in [1.165, 1.54) is 0 Å². The highest BCUT2D eigenvalue weighted by Crippen LogP contribution is 2.13. The van der Waals surface area contributed by atoms with Gasteiger partial charge in [0.1, 0.15) is 6.10 Å². The van der Waals surface area contributed by atoms with Crippen molar-refractivity contribution < 1.29 is 15.3 Å². The largest absolute Gasteiger partial charge is 0.389 e. The van der Waals surface area contributed by atoms with Crippen LogP contribution >= 0.6 is 0 Å². The number of aliphatic hydroxyl groups is 3. The van der Waals surface area contributed by atoms with Gasteiger partial charge in [-0.05, 0) is 6.42 Å². The number of rotatable bonds is 2. The van der Waals surface area contributed by atoms with Crippen molar-refractivity contribution in [3.63, 3.8) is 0 Å². The SMILES string of the molecule is CCC[C@@H]1NC[C@H](O)[C@H](O)[C@H]1O. The monoisotopic (exact) mass is 175 g/mol. The van der Waals surface area contributed by atoms with Crippen LogP contribution in [0.1, 0.15) is 19.8 Å². The van der Waals surface area contributed by atoms with Crippen LogP contribution in [0.2, 0.25) is 0 Å². The highest BCUT2D eigenvalue weighted by Gasteiger charge is 2.35. The van der Waals surface area contributed by atoms with Crippen molar-refractivity contribution in [3.05, 3.63) is 0 Å². The van der Waals surface area contributed by atoms with Crippen LogP contribution in [0.4, 0.5) is 0 Å². The molecule has 0 spiro atoms. The molecule has 0 aliphatic carbocycles. The Hall–Kier alpha value is -0.160. The van der Waals surface area contributed by atoms with Gasteiger partial charge in [-0.15, -0.1) is 0 Å². The van der Waals surface area contributed by atoms with Gasteiger partial charge in [-0.25, -0.2) is 0 Å². The summed E-state index contributed by atoms with van der Waals surface area (Å²) in [6.07, 6.45) is -0.896. The maximum atomic E-state index is 9.47. The van der Waals surface area contributed by atoms with Crippen molar-refractivity contribution in [3.8, 4) is 0 Å². The van der Waals surface area contributed by atoms with Crippen molar-refractivity contribution in [1.29, 1.82) is 0 Å². The number of piperidine rings is 1. The van der Waals surface area contributed by atoms with E-state index in [4.69, 9.17) is 5.11 Å². The molecule has 0 amide bonds. The predicted octanol–water partition coefficient (Wildman–Crippen LogP) is -1.16. The number of hydrogen-bond donors (Lipinski definition) is 4. The molecule has 0 unspecified atom stereocenters. The summed E-state index contributed by atoms with van der Waals surface area (Å²) in [6.45, 7) is 2.38. The third kappa shape index (κ3) is 1.95. The van der Waals surface area contributed by atoms with E-state index < -0.39 is 18.3 Å². The minimum absolute atomic E-state index is 0.0756. The van der Waals surface area contributed by atoms with E-state index in [0.29, 0.717) is 6.54 Å². The van der Waals surface area contributed by atoms with Gasteiger partial charge in [0.25, 0.3) is 0 Å². The molecule has 0 aromatic carbocycles. The summed E-state index contributed by atoms with van der Waals surface area (Å²) in [5.74, 6) is 0. The van der Waals surface area contributed by atoms with Gasteiger partial charge in [0, 0.05) is 12.6 Å². The van der Waals surface area contributed by atoms with Gasteiger partial charge in [0.05, 0.1) is 12.2 Å². The van der Waals surface area contributed by atoms with Gasteiger partial charge in [0.2, 0.25) is 0 Å². The van der Waals surface area contributed by atoms with E-state index in [9.17, 15) is 10.2 Å². The van der Waals surface area contributed by atoms with Crippen molar-refractivity contribution in [2.75, 3.05) is 6.54 Å². The van der Waals surface area contributed by atoms with Crippen LogP contribution in [0.5, 0.6) is 0 Å². The Kier molecular flexibility index (Phi) is 3.46. The zero-order chi connectivity index (χ0) is 9.14. The molecular weight excluding hydrogens is 158 g/mol. The molecule has 1 aliphatic heterocycles. The number of nitrogens with one attached hydrogen (secondary N) is 1. The van der Waals surface area contributed by atoms with Crippen LogP contribution in [0, 0.1) is 0 Å². The Bertz CT molecular complexity index is 142. The Labute approximate surface area is 72.2 Å². The minimum atomic E-state index is -0.997. The molecule has 1 rings (SSSR count). The van der Waals surface area contributed by atoms with E-state index in [-0.39, 0.29) is 6.04 Å². The lowest BCUT2D eigenvalue weighted by Gasteiger charge is -2.36. The molecule has 4 heteroatoms. The summed E-state index contributed by atoms with van der Waals surface area (Å²) in [5, 5.41) is 30.9. The summed E-state index contributed by atoms with van der Waals surface area (Å²) < 4.78 is 0. The quantitative estimate of drug-likeness (QED) is 0.427. The smallest absolute Gasteiger partial charge is 0.108 e. The molecule has 0 aromatic rings. The zero-order valence-electron chi connectivity index (χ0n) is 7.27. The number of hydrogen-bond acceptors (Lipinski definition) is 4. The summed E-state index contributed by atoms with van der Waals surface area (Å²) in [6, 6.07) is -0.0756. The van der Waals surface area contributed by atoms with Gasteiger partial charge in [-0.3, -0.25) is 0 Å². The maximum Gasteiger partial charge on any atom is 0.108 e. The van der Waals surface area contributed by atoms with Crippen LogP contribution in [-0.2, 0) is 0 Å². The molecule has 4 nitrogen and oxygen atoms in total. The first-order valence-electron chi connectivity index (χ1n) is 4.44. The molecule has 12 heavy (non-hydrogen) atoms. The Balaban J connectivity index is 2.46. The molecule has 0 aromatic heterocycles. The normalized spacial score (nSPS) is 43.0. The van der Waals surface area contributed by atoms with Crippen molar-refractivity contribution in [2.24, 2.45) is 0 Å². The Morgan fingerprint density at radius 3 is 2.50 bits per heavy atom. The first-order chi connectivity index (χ1) is 5.66. The van der Waals surface area contributed by atoms with Gasteiger partial charge in [-0.1, -0.05) is 13.3 Å². The molecule has 1 aliphatic rings. The van der Waals surface area contributed by atoms with E-state index >= 15 is 0 Å². The van der Waals surface area contributed by atoms with Crippen molar-refractivity contribution in [2.45, 2.75) is 44.1 Å². The Morgan fingerprint density at radius 2 is 1.92 bits per heavy atom. The van der Waals surface area contributed by atoms with Crippen LogP contribution < -0.4 is 5.32 Å². The van der Waals surface area contributed by atoms with Gasteiger partial charge >= 0.3 is 0 Å². The van der Waals surface area contributed by atoms with Crippen LogP contribution in [0.25, 0.3) is 0 Å². The minimum Gasteiger partial charge on any atom is -0.389 e. The molecule has 1 heterocycles. The highest BCUT2D eigenvalue weighted by atomic mass is 16.4. The fourth-order valence-corrected chi connectivity index (χ4v) is 1.56. The van der Waals surface area contributed by atoms with Crippen molar-refractivity contribution >= 4 is 0 Å². The second-order valence-corrected chi connectivity index (χ2v) is 3.35. The third-order valence-electron chi connectivity index (χ3n) is 2.35. The van der Waals surface area contributed by atoms with E-state index in [0.717, 1.165) is 12.8 Å². The predicted molar refractivity (Wildman–Crippen MR) is 44.7 cm³/mol. The first-order valence-corrected chi connectivity index (χ1v) is 4.44. The highest BCUT2D eigenvalue weighted by molar-refractivity contribution is 4.91. The van der Waals surface area contributed by atoms with Crippen LogP contribution in [0.3, 0.4) is 0 Å². The van der Waals surface area contributed by atoms with Gasteiger partial charge in [0.15, 0.2) is 0 Å². The lowest BCUT2D eigenvalue weighted by molar-refractivity contribution is -0.0950. The summed E-state index contributed by atoms with van der Waals surface area (Å²) in [5.41, 5.74) is 0. The van der Waals surface area contributed by atoms with Crippen LogP contribution in [-0.4, -0.2) is 46.2 Å². The summed E-state index contributed by atoms with van der Waals surface area (Å²) >= 11 is 0. The third-order valence-corrected chi connectivity index (χ3v) is 2.35. The lowest BCUT2D eigenvalue weighted by atomic mass is 9.93. The second kappa shape index (κ2) is 4.18.